The Morgan fingerprint density at radius 2 is 2.00 bits per heavy atom. The van der Waals surface area contributed by atoms with Crippen LogP contribution in [-0.4, -0.2) is 11.5 Å². The van der Waals surface area contributed by atoms with E-state index in [2.05, 4.69) is 33.1 Å². The normalized spacial score (nSPS) is 27.8. The lowest BCUT2D eigenvalue weighted by Crippen LogP contribution is -2.36. The van der Waals surface area contributed by atoms with E-state index >= 15 is 0 Å². The molecule has 114 valence electrons. The van der Waals surface area contributed by atoms with Gasteiger partial charge in [0.25, 0.3) is 0 Å². The van der Waals surface area contributed by atoms with Gasteiger partial charge in [-0.1, -0.05) is 34.1 Å². The Kier molecular flexibility index (Phi) is 4.91. The van der Waals surface area contributed by atoms with E-state index in [0.29, 0.717) is 5.41 Å². The van der Waals surface area contributed by atoms with Gasteiger partial charge in [-0.05, 0) is 43.6 Å². The van der Waals surface area contributed by atoms with Crippen LogP contribution in [0.25, 0.3) is 0 Å². The number of hydrogen-bond acceptors (Lipinski definition) is 3. The van der Waals surface area contributed by atoms with E-state index in [9.17, 15) is 0 Å². The quantitative estimate of drug-likeness (QED) is 0.886. The maximum atomic E-state index is 6.14. The van der Waals surface area contributed by atoms with E-state index in [4.69, 9.17) is 10.7 Å². The van der Waals surface area contributed by atoms with E-state index in [1.807, 2.05) is 11.3 Å². The fourth-order valence-electron chi connectivity index (χ4n) is 3.21. The zero-order valence-corrected chi connectivity index (χ0v) is 14.4. The fourth-order valence-corrected chi connectivity index (χ4v) is 4.40. The molecule has 0 spiro atoms. The van der Waals surface area contributed by atoms with Crippen molar-refractivity contribution in [1.82, 2.24) is 4.98 Å². The van der Waals surface area contributed by atoms with Crippen LogP contribution < -0.4 is 5.73 Å². The monoisotopic (exact) mass is 294 g/mol. The largest absolute Gasteiger partial charge is 0.330 e. The van der Waals surface area contributed by atoms with Crippen molar-refractivity contribution >= 4 is 11.3 Å². The molecule has 1 aromatic heterocycles. The average molecular weight is 295 g/mol. The lowest BCUT2D eigenvalue weighted by molar-refractivity contribution is 0.153. The van der Waals surface area contributed by atoms with Crippen LogP contribution in [0.3, 0.4) is 0 Å². The standard InChI is InChI=1S/C17H30N2S/c1-5-13-6-8-17(12-18,9-7-13)10-15-19-14(11-20-15)16(2,3)4/h11,13H,5-10,12,18H2,1-4H3. The number of rotatable bonds is 4. The van der Waals surface area contributed by atoms with Crippen molar-refractivity contribution in [3.63, 3.8) is 0 Å². The molecular weight excluding hydrogens is 264 g/mol. The summed E-state index contributed by atoms with van der Waals surface area (Å²) in [5.74, 6) is 0.927. The Labute approximate surface area is 128 Å². The first-order valence-electron chi connectivity index (χ1n) is 8.03. The third-order valence-corrected chi connectivity index (χ3v) is 5.87. The zero-order chi connectivity index (χ0) is 14.8. The molecule has 2 nitrogen and oxygen atoms in total. The van der Waals surface area contributed by atoms with Gasteiger partial charge in [0.1, 0.15) is 0 Å². The van der Waals surface area contributed by atoms with Crippen molar-refractivity contribution in [1.29, 1.82) is 0 Å². The average Bonchev–Trinajstić information content (AvgIpc) is 2.88. The summed E-state index contributed by atoms with van der Waals surface area (Å²) < 4.78 is 0. The van der Waals surface area contributed by atoms with Crippen molar-refractivity contribution in [3.05, 3.63) is 16.1 Å². The van der Waals surface area contributed by atoms with Crippen LogP contribution in [0.15, 0.2) is 5.38 Å². The molecule has 1 heterocycles. The van der Waals surface area contributed by atoms with Crippen molar-refractivity contribution < 1.29 is 0 Å². The molecule has 0 bridgehead atoms. The summed E-state index contributed by atoms with van der Waals surface area (Å²) in [6.07, 6.45) is 7.68. The summed E-state index contributed by atoms with van der Waals surface area (Å²) in [6, 6.07) is 0. The Morgan fingerprint density at radius 1 is 1.35 bits per heavy atom. The maximum absolute atomic E-state index is 6.14. The van der Waals surface area contributed by atoms with Crippen molar-refractivity contribution in [2.24, 2.45) is 17.1 Å². The summed E-state index contributed by atoms with van der Waals surface area (Å²) in [5, 5.41) is 3.52. The maximum Gasteiger partial charge on any atom is 0.0934 e. The lowest BCUT2D eigenvalue weighted by atomic mass is 9.68. The van der Waals surface area contributed by atoms with E-state index in [0.717, 1.165) is 18.9 Å². The molecular formula is C17H30N2S. The van der Waals surface area contributed by atoms with Crippen LogP contribution in [0.1, 0.15) is 70.5 Å². The molecule has 0 radical (unpaired) electrons. The summed E-state index contributed by atoms with van der Waals surface area (Å²) in [6.45, 7) is 9.83. The van der Waals surface area contributed by atoms with Crippen LogP contribution in [0.5, 0.6) is 0 Å². The zero-order valence-electron chi connectivity index (χ0n) is 13.5. The third kappa shape index (κ3) is 3.62. The Balaban J connectivity index is 2.05. The fraction of sp³-hybridized carbons (Fsp3) is 0.824. The summed E-state index contributed by atoms with van der Waals surface area (Å²) >= 11 is 1.82. The number of thiazole rings is 1. The molecule has 20 heavy (non-hydrogen) atoms. The highest BCUT2D eigenvalue weighted by atomic mass is 32.1. The van der Waals surface area contributed by atoms with Gasteiger partial charge in [0.2, 0.25) is 0 Å². The SMILES string of the molecule is CCC1CCC(CN)(Cc2nc(C(C)(C)C)cs2)CC1. The van der Waals surface area contributed by atoms with Crippen LogP contribution >= 0.6 is 11.3 Å². The van der Waals surface area contributed by atoms with Gasteiger partial charge in [0, 0.05) is 17.2 Å². The van der Waals surface area contributed by atoms with Gasteiger partial charge >= 0.3 is 0 Å². The van der Waals surface area contributed by atoms with Gasteiger partial charge in [0.05, 0.1) is 10.7 Å². The third-order valence-electron chi connectivity index (χ3n) is 5.02. The van der Waals surface area contributed by atoms with Crippen molar-refractivity contribution in [3.8, 4) is 0 Å². The smallest absolute Gasteiger partial charge is 0.0934 e. The first-order chi connectivity index (χ1) is 9.38. The molecule has 1 fully saturated rings. The minimum atomic E-state index is 0.157. The van der Waals surface area contributed by atoms with Gasteiger partial charge in [-0.25, -0.2) is 4.98 Å². The number of nitrogens with two attached hydrogens (primary N) is 1. The summed E-state index contributed by atoms with van der Waals surface area (Å²) in [5.41, 5.74) is 7.85. The molecule has 0 aliphatic heterocycles. The second kappa shape index (κ2) is 6.15. The topological polar surface area (TPSA) is 38.9 Å². The Hall–Kier alpha value is -0.410. The highest BCUT2D eigenvalue weighted by Crippen LogP contribution is 2.42. The van der Waals surface area contributed by atoms with Crippen molar-refractivity contribution in [2.75, 3.05) is 6.54 Å². The number of nitrogens with zero attached hydrogens (tertiary/aromatic N) is 1. The summed E-state index contributed by atoms with van der Waals surface area (Å²) in [4.78, 5) is 4.87. The molecule has 2 N–H and O–H groups in total. The van der Waals surface area contributed by atoms with Gasteiger partial charge in [-0.3, -0.25) is 0 Å². The van der Waals surface area contributed by atoms with Gasteiger partial charge in [-0.15, -0.1) is 11.3 Å². The Bertz CT molecular complexity index is 422. The van der Waals surface area contributed by atoms with E-state index in [1.54, 1.807) is 0 Å². The number of aromatic nitrogens is 1. The molecule has 0 saturated heterocycles. The molecule has 3 heteroatoms. The van der Waals surface area contributed by atoms with Gasteiger partial charge in [0.15, 0.2) is 0 Å². The molecule has 0 aromatic carbocycles. The van der Waals surface area contributed by atoms with Crippen LogP contribution in [-0.2, 0) is 11.8 Å². The molecule has 1 aromatic rings. The van der Waals surface area contributed by atoms with Crippen LogP contribution in [0, 0.1) is 11.3 Å². The van der Waals surface area contributed by atoms with Crippen LogP contribution in [0.4, 0.5) is 0 Å². The predicted octanol–water partition coefficient (Wildman–Crippen LogP) is 4.53. The van der Waals surface area contributed by atoms with E-state index in [-0.39, 0.29) is 5.41 Å². The first-order valence-corrected chi connectivity index (χ1v) is 8.91. The van der Waals surface area contributed by atoms with Crippen LogP contribution in [0.2, 0.25) is 0 Å². The highest BCUT2D eigenvalue weighted by molar-refractivity contribution is 7.09. The second-order valence-electron chi connectivity index (χ2n) is 7.61. The molecule has 1 saturated carbocycles. The first kappa shape index (κ1) is 16.0. The van der Waals surface area contributed by atoms with Gasteiger partial charge in [-0.2, -0.15) is 0 Å². The molecule has 0 amide bonds. The highest BCUT2D eigenvalue weighted by Gasteiger charge is 2.34. The van der Waals surface area contributed by atoms with E-state index < -0.39 is 0 Å². The minimum Gasteiger partial charge on any atom is -0.330 e. The van der Waals surface area contributed by atoms with Gasteiger partial charge < -0.3 is 5.73 Å². The summed E-state index contributed by atoms with van der Waals surface area (Å²) in [7, 11) is 0. The molecule has 1 aliphatic rings. The minimum absolute atomic E-state index is 0.157. The number of hydrogen-bond donors (Lipinski definition) is 1. The lowest BCUT2D eigenvalue weighted by Gasteiger charge is -2.39. The second-order valence-corrected chi connectivity index (χ2v) is 8.55. The molecule has 0 unspecified atom stereocenters. The predicted molar refractivity (Wildman–Crippen MR) is 88.3 cm³/mol. The molecule has 2 rings (SSSR count). The van der Waals surface area contributed by atoms with E-state index in [1.165, 1.54) is 42.8 Å². The molecule has 1 aliphatic carbocycles. The van der Waals surface area contributed by atoms with Crippen molar-refractivity contribution in [2.45, 2.75) is 71.6 Å². The molecule has 0 atom stereocenters. The Morgan fingerprint density at radius 3 is 2.45 bits per heavy atom.